The number of hydrogen-bond acceptors (Lipinski definition) is 3. The normalized spacial score (nSPS) is 12.0. The molecule has 1 atom stereocenters. The molecule has 5 nitrogen and oxygen atoms in total. The van der Waals surface area contributed by atoms with Crippen LogP contribution in [0, 0.1) is 0 Å². The van der Waals surface area contributed by atoms with Crippen molar-refractivity contribution in [1.29, 1.82) is 0 Å². The van der Waals surface area contributed by atoms with Crippen molar-refractivity contribution >= 4 is 11.7 Å². The minimum Gasteiger partial charge on any atom is -0.389 e. The lowest BCUT2D eigenvalue weighted by Crippen LogP contribution is -2.30. The van der Waals surface area contributed by atoms with Crippen LogP contribution in [0.2, 0.25) is 0 Å². The van der Waals surface area contributed by atoms with Crippen LogP contribution in [0.3, 0.4) is 0 Å². The smallest absolute Gasteiger partial charge is 0.319 e. The largest absolute Gasteiger partial charge is 0.389 e. The number of urea groups is 1. The summed E-state index contributed by atoms with van der Waals surface area (Å²) < 4.78 is 5.41. The predicted molar refractivity (Wildman–Crippen MR) is 84.4 cm³/mol. The average molecular weight is 294 g/mol. The van der Waals surface area contributed by atoms with Crippen molar-refractivity contribution in [3.8, 4) is 0 Å². The number of hydrogen-bond donors (Lipinski definition) is 3. The summed E-state index contributed by atoms with van der Waals surface area (Å²) in [5.74, 6) is 0. The van der Waals surface area contributed by atoms with Gasteiger partial charge in [-0.05, 0) is 37.5 Å². The summed E-state index contributed by atoms with van der Waals surface area (Å²) in [5, 5.41) is 14.9. The quantitative estimate of drug-likeness (QED) is 0.613. The van der Waals surface area contributed by atoms with Crippen LogP contribution in [0.1, 0.15) is 44.8 Å². The molecule has 1 aromatic rings. The maximum Gasteiger partial charge on any atom is 0.319 e. The molecule has 0 aliphatic carbocycles. The summed E-state index contributed by atoms with van der Waals surface area (Å²) in [6, 6.07) is 6.91. The lowest BCUT2D eigenvalue weighted by molar-refractivity contribution is 0.129. The lowest BCUT2D eigenvalue weighted by Gasteiger charge is -2.09. The van der Waals surface area contributed by atoms with E-state index < -0.39 is 6.10 Å². The number of ether oxygens (including phenoxy) is 1. The zero-order valence-corrected chi connectivity index (χ0v) is 12.9. The van der Waals surface area contributed by atoms with E-state index in [9.17, 15) is 9.90 Å². The SMILES string of the molecule is CCCCOCCCNC(=O)Nc1ccc(C(C)O)cc1. The van der Waals surface area contributed by atoms with E-state index in [1.54, 1.807) is 31.2 Å². The summed E-state index contributed by atoms with van der Waals surface area (Å²) in [7, 11) is 0. The third kappa shape index (κ3) is 7.68. The van der Waals surface area contributed by atoms with Gasteiger partial charge in [-0.2, -0.15) is 0 Å². The van der Waals surface area contributed by atoms with E-state index in [2.05, 4.69) is 17.6 Å². The molecule has 21 heavy (non-hydrogen) atoms. The second kappa shape index (κ2) is 10.2. The Balaban J connectivity index is 2.15. The van der Waals surface area contributed by atoms with Crippen LogP contribution in [-0.2, 0) is 4.74 Å². The lowest BCUT2D eigenvalue weighted by atomic mass is 10.1. The number of amides is 2. The Hall–Kier alpha value is -1.59. The first-order chi connectivity index (χ1) is 10.1. The van der Waals surface area contributed by atoms with E-state index in [1.807, 2.05) is 0 Å². The average Bonchev–Trinajstić information content (AvgIpc) is 2.47. The first-order valence-electron chi connectivity index (χ1n) is 7.54. The minimum atomic E-state index is -0.499. The molecule has 0 saturated carbocycles. The number of anilines is 1. The van der Waals surface area contributed by atoms with Crippen molar-refractivity contribution in [2.75, 3.05) is 25.1 Å². The zero-order valence-electron chi connectivity index (χ0n) is 12.9. The second-order valence-electron chi connectivity index (χ2n) is 5.00. The third-order valence-corrected chi connectivity index (χ3v) is 3.04. The van der Waals surface area contributed by atoms with E-state index in [4.69, 9.17) is 4.74 Å². The van der Waals surface area contributed by atoms with Crippen LogP contribution in [0.5, 0.6) is 0 Å². The number of benzene rings is 1. The van der Waals surface area contributed by atoms with Crippen LogP contribution in [0.15, 0.2) is 24.3 Å². The first kappa shape index (κ1) is 17.5. The summed E-state index contributed by atoms with van der Waals surface area (Å²) in [6.45, 7) is 5.88. The molecule has 0 fully saturated rings. The van der Waals surface area contributed by atoms with Crippen LogP contribution in [0.25, 0.3) is 0 Å². The van der Waals surface area contributed by atoms with Gasteiger partial charge in [0.25, 0.3) is 0 Å². The van der Waals surface area contributed by atoms with Crippen LogP contribution in [0.4, 0.5) is 10.5 Å². The van der Waals surface area contributed by atoms with Crippen molar-refractivity contribution in [2.24, 2.45) is 0 Å². The number of rotatable bonds is 9. The molecule has 1 unspecified atom stereocenters. The van der Waals surface area contributed by atoms with Crippen molar-refractivity contribution in [1.82, 2.24) is 5.32 Å². The Morgan fingerprint density at radius 2 is 1.90 bits per heavy atom. The minimum absolute atomic E-state index is 0.228. The van der Waals surface area contributed by atoms with Gasteiger partial charge in [0, 0.05) is 25.4 Å². The Kier molecular flexibility index (Phi) is 8.47. The fourth-order valence-electron chi connectivity index (χ4n) is 1.74. The highest BCUT2D eigenvalue weighted by Crippen LogP contribution is 2.15. The standard InChI is InChI=1S/C16H26N2O3/c1-3-4-11-21-12-5-10-17-16(20)18-15-8-6-14(7-9-15)13(2)19/h6-9,13,19H,3-5,10-12H2,1-2H3,(H2,17,18,20). The Morgan fingerprint density at radius 3 is 2.52 bits per heavy atom. The van der Waals surface area contributed by atoms with Crippen LogP contribution < -0.4 is 10.6 Å². The van der Waals surface area contributed by atoms with Crippen molar-refractivity contribution in [3.05, 3.63) is 29.8 Å². The molecule has 1 rings (SSSR count). The summed E-state index contributed by atoms with van der Waals surface area (Å²) in [5.41, 5.74) is 1.53. The molecule has 0 spiro atoms. The Morgan fingerprint density at radius 1 is 1.24 bits per heavy atom. The maximum absolute atomic E-state index is 11.7. The highest BCUT2D eigenvalue weighted by molar-refractivity contribution is 5.89. The van der Waals surface area contributed by atoms with Crippen molar-refractivity contribution in [2.45, 2.75) is 39.2 Å². The van der Waals surface area contributed by atoms with E-state index in [1.165, 1.54) is 0 Å². The zero-order chi connectivity index (χ0) is 15.5. The first-order valence-corrected chi connectivity index (χ1v) is 7.54. The third-order valence-electron chi connectivity index (χ3n) is 3.04. The molecule has 5 heteroatoms. The Labute approximate surface area is 126 Å². The van der Waals surface area contributed by atoms with Gasteiger partial charge < -0.3 is 20.5 Å². The van der Waals surface area contributed by atoms with Gasteiger partial charge in [0.15, 0.2) is 0 Å². The highest BCUT2D eigenvalue weighted by Gasteiger charge is 2.03. The second-order valence-corrected chi connectivity index (χ2v) is 5.00. The topological polar surface area (TPSA) is 70.6 Å². The fourth-order valence-corrected chi connectivity index (χ4v) is 1.74. The van der Waals surface area contributed by atoms with Gasteiger partial charge in [-0.15, -0.1) is 0 Å². The summed E-state index contributed by atoms with van der Waals surface area (Å²) in [4.78, 5) is 11.7. The van der Waals surface area contributed by atoms with Crippen molar-refractivity contribution < 1.29 is 14.6 Å². The fraction of sp³-hybridized carbons (Fsp3) is 0.562. The van der Waals surface area contributed by atoms with Gasteiger partial charge in [0.1, 0.15) is 0 Å². The van der Waals surface area contributed by atoms with E-state index in [0.717, 1.165) is 31.4 Å². The van der Waals surface area contributed by atoms with E-state index in [0.29, 0.717) is 18.8 Å². The number of carbonyl (C=O) groups excluding carboxylic acids is 1. The van der Waals surface area contributed by atoms with Crippen molar-refractivity contribution in [3.63, 3.8) is 0 Å². The molecular weight excluding hydrogens is 268 g/mol. The van der Waals surface area contributed by atoms with Gasteiger partial charge in [-0.3, -0.25) is 0 Å². The van der Waals surface area contributed by atoms with Gasteiger partial charge in [0.05, 0.1) is 6.10 Å². The molecule has 0 heterocycles. The molecule has 0 aromatic heterocycles. The monoisotopic (exact) mass is 294 g/mol. The number of unbranched alkanes of at least 4 members (excludes halogenated alkanes) is 1. The number of carbonyl (C=O) groups is 1. The number of aliphatic hydroxyl groups is 1. The highest BCUT2D eigenvalue weighted by atomic mass is 16.5. The molecule has 118 valence electrons. The van der Waals surface area contributed by atoms with Crippen LogP contribution >= 0.6 is 0 Å². The summed E-state index contributed by atoms with van der Waals surface area (Å²) >= 11 is 0. The van der Waals surface area contributed by atoms with Gasteiger partial charge in [0.2, 0.25) is 0 Å². The Bertz CT molecular complexity index is 404. The molecular formula is C16H26N2O3. The molecule has 0 aliphatic heterocycles. The molecule has 0 bridgehead atoms. The summed E-state index contributed by atoms with van der Waals surface area (Å²) in [6.07, 6.45) is 2.52. The van der Waals surface area contributed by atoms with Gasteiger partial charge in [-0.25, -0.2) is 4.79 Å². The van der Waals surface area contributed by atoms with E-state index >= 15 is 0 Å². The molecule has 0 aliphatic rings. The number of nitrogens with one attached hydrogen (secondary N) is 2. The molecule has 1 aromatic carbocycles. The molecule has 2 amide bonds. The molecule has 0 radical (unpaired) electrons. The maximum atomic E-state index is 11.7. The molecule has 3 N–H and O–H groups in total. The van der Waals surface area contributed by atoms with E-state index in [-0.39, 0.29) is 6.03 Å². The van der Waals surface area contributed by atoms with Crippen LogP contribution in [-0.4, -0.2) is 30.9 Å². The molecule has 0 saturated heterocycles. The predicted octanol–water partition coefficient (Wildman–Crippen LogP) is 3.07. The van der Waals surface area contributed by atoms with Gasteiger partial charge in [-0.1, -0.05) is 25.5 Å². The van der Waals surface area contributed by atoms with Gasteiger partial charge >= 0.3 is 6.03 Å². The number of aliphatic hydroxyl groups excluding tert-OH is 1.